The van der Waals surface area contributed by atoms with Gasteiger partial charge in [-0.05, 0) is 18.3 Å². The highest BCUT2D eigenvalue weighted by Crippen LogP contribution is 2.15. The molecule has 1 rings (SSSR count). The lowest BCUT2D eigenvalue weighted by atomic mass is 10.0. The second kappa shape index (κ2) is 7.66. The Labute approximate surface area is 124 Å². The molecule has 1 heterocycles. The van der Waals surface area contributed by atoms with Crippen LogP contribution in [0.5, 0.6) is 0 Å². The fraction of sp³-hybridized carbons (Fsp3) is 0.643. The first-order valence-electron chi connectivity index (χ1n) is 7.04. The van der Waals surface area contributed by atoms with Crippen molar-refractivity contribution in [1.29, 1.82) is 0 Å². The molecular formula is C14H24N4O3. The van der Waals surface area contributed by atoms with Crippen molar-refractivity contribution in [3.05, 3.63) is 11.8 Å². The molecule has 0 radical (unpaired) electrons. The van der Waals surface area contributed by atoms with E-state index in [4.69, 9.17) is 0 Å². The number of hydrogen-bond acceptors (Lipinski definition) is 4. The molecule has 0 saturated carbocycles. The predicted molar refractivity (Wildman–Crippen MR) is 80.1 cm³/mol. The van der Waals surface area contributed by atoms with Gasteiger partial charge >= 0.3 is 6.09 Å². The number of nitrogens with zero attached hydrogens (tertiary/aromatic N) is 1. The highest BCUT2D eigenvalue weighted by Gasteiger charge is 2.23. The van der Waals surface area contributed by atoms with Gasteiger partial charge < -0.3 is 15.4 Å². The summed E-state index contributed by atoms with van der Waals surface area (Å²) in [6.45, 7) is 8.01. The lowest BCUT2D eigenvalue weighted by Crippen LogP contribution is -2.44. The first kappa shape index (κ1) is 17.0. The summed E-state index contributed by atoms with van der Waals surface area (Å²) in [5.74, 6) is 0.686. The van der Waals surface area contributed by atoms with Crippen molar-refractivity contribution in [3.8, 4) is 0 Å². The van der Waals surface area contributed by atoms with E-state index in [1.54, 1.807) is 6.07 Å². The Morgan fingerprint density at radius 3 is 2.48 bits per heavy atom. The minimum atomic E-state index is -0.656. The maximum atomic E-state index is 12.2. The molecule has 7 heteroatoms. The maximum absolute atomic E-state index is 12.2. The molecule has 0 aliphatic rings. The van der Waals surface area contributed by atoms with E-state index in [0.717, 1.165) is 5.69 Å². The van der Waals surface area contributed by atoms with E-state index in [2.05, 4.69) is 25.6 Å². The van der Waals surface area contributed by atoms with Gasteiger partial charge in [-0.15, -0.1) is 0 Å². The Balaban J connectivity index is 2.72. The van der Waals surface area contributed by atoms with Gasteiger partial charge in [-0.2, -0.15) is 5.10 Å². The van der Waals surface area contributed by atoms with Crippen molar-refractivity contribution >= 4 is 17.8 Å². The molecule has 3 N–H and O–H groups in total. The average Bonchev–Trinajstić information content (AvgIpc) is 2.85. The molecule has 0 aliphatic heterocycles. The molecule has 118 valence electrons. The smallest absolute Gasteiger partial charge is 0.407 e. The van der Waals surface area contributed by atoms with Gasteiger partial charge in [0.1, 0.15) is 6.04 Å². The molecule has 21 heavy (non-hydrogen) atoms. The summed E-state index contributed by atoms with van der Waals surface area (Å²) in [4.78, 5) is 23.6. The first-order valence-corrected chi connectivity index (χ1v) is 7.04. The summed E-state index contributed by atoms with van der Waals surface area (Å²) in [7, 11) is 1.27. The summed E-state index contributed by atoms with van der Waals surface area (Å²) in [5, 5.41) is 12.1. The number of alkyl carbamates (subject to hydrolysis) is 1. The normalized spacial score (nSPS) is 12.3. The summed E-state index contributed by atoms with van der Waals surface area (Å²) < 4.78 is 4.55. The molecule has 1 aromatic rings. The first-order chi connectivity index (χ1) is 9.83. The Kier molecular flexibility index (Phi) is 6.20. The largest absolute Gasteiger partial charge is 0.453 e. The number of aromatic amines is 1. The number of H-pyrrole nitrogens is 1. The summed E-state index contributed by atoms with van der Waals surface area (Å²) in [6.07, 6.45) is -0.108. The number of hydrogen-bond donors (Lipinski definition) is 3. The number of carbonyl (C=O) groups is 2. The Morgan fingerprint density at radius 1 is 1.33 bits per heavy atom. The van der Waals surface area contributed by atoms with Crippen LogP contribution in [0, 0.1) is 5.92 Å². The van der Waals surface area contributed by atoms with E-state index in [0.29, 0.717) is 18.2 Å². The Hall–Kier alpha value is -2.05. The van der Waals surface area contributed by atoms with Crippen LogP contribution in [-0.2, 0) is 9.53 Å². The Morgan fingerprint density at radius 2 is 2.00 bits per heavy atom. The lowest BCUT2D eigenvalue weighted by Gasteiger charge is -2.18. The summed E-state index contributed by atoms with van der Waals surface area (Å²) in [6, 6.07) is 1.13. The number of ether oxygens (including phenoxy) is 1. The van der Waals surface area contributed by atoms with E-state index < -0.39 is 12.1 Å². The number of amides is 2. The molecule has 0 saturated heterocycles. The molecule has 0 fully saturated rings. The van der Waals surface area contributed by atoms with Crippen LogP contribution in [0.1, 0.15) is 45.7 Å². The van der Waals surface area contributed by atoms with Crippen LogP contribution in [0.25, 0.3) is 0 Å². The Bertz CT molecular complexity index is 482. The predicted octanol–water partition coefficient (Wildman–Crippen LogP) is 2.24. The van der Waals surface area contributed by atoms with Crippen molar-refractivity contribution in [1.82, 2.24) is 15.5 Å². The van der Waals surface area contributed by atoms with Crippen LogP contribution in [0.15, 0.2) is 6.07 Å². The fourth-order valence-corrected chi connectivity index (χ4v) is 1.81. The minimum absolute atomic E-state index is 0.253. The molecule has 7 nitrogen and oxygen atoms in total. The van der Waals surface area contributed by atoms with Crippen LogP contribution in [-0.4, -0.2) is 35.3 Å². The molecule has 0 aromatic carbocycles. The number of carbonyl (C=O) groups excluding carboxylic acids is 2. The number of methoxy groups -OCH3 is 1. The molecule has 1 atom stereocenters. The van der Waals surface area contributed by atoms with Crippen molar-refractivity contribution in [2.24, 2.45) is 5.92 Å². The van der Waals surface area contributed by atoms with Gasteiger partial charge in [-0.1, -0.05) is 27.7 Å². The third-order valence-corrected chi connectivity index (χ3v) is 2.97. The zero-order valence-electron chi connectivity index (χ0n) is 13.2. The third-order valence-electron chi connectivity index (χ3n) is 2.97. The van der Waals surface area contributed by atoms with Crippen LogP contribution >= 0.6 is 0 Å². The quantitative estimate of drug-likeness (QED) is 0.750. The van der Waals surface area contributed by atoms with Crippen LogP contribution < -0.4 is 10.6 Å². The van der Waals surface area contributed by atoms with Gasteiger partial charge in [-0.3, -0.25) is 9.89 Å². The molecule has 2 amide bonds. The highest BCUT2D eigenvalue weighted by molar-refractivity contribution is 5.95. The van der Waals surface area contributed by atoms with Crippen molar-refractivity contribution in [2.75, 3.05) is 12.4 Å². The van der Waals surface area contributed by atoms with Gasteiger partial charge in [0.05, 0.1) is 7.11 Å². The van der Waals surface area contributed by atoms with E-state index >= 15 is 0 Å². The fourth-order valence-electron chi connectivity index (χ4n) is 1.81. The minimum Gasteiger partial charge on any atom is -0.453 e. The average molecular weight is 296 g/mol. The van der Waals surface area contributed by atoms with Gasteiger partial charge in [0.25, 0.3) is 0 Å². The number of nitrogens with one attached hydrogen (secondary N) is 3. The van der Waals surface area contributed by atoms with Gasteiger partial charge in [-0.25, -0.2) is 4.79 Å². The van der Waals surface area contributed by atoms with E-state index in [1.165, 1.54) is 7.11 Å². The molecule has 1 aromatic heterocycles. The second-order valence-electron chi connectivity index (χ2n) is 5.67. The molecular weight excluding hydrogens is 272 g/mol. The number of rotatable bonds is 6. The highest BCUT2D eigenvalue weighted by atomic mass is 16.5. The molecule has 0 bridgehead atoms. The second-order valence-corrected chi connectivity index (χ2v) is 5.67. The van der Waals surface area contributed by atoms with Crippen molar-refractivity contribution < 1.29 is 14.3 Å². The van der Waals surface area contributed by atoms with Gasteiger partial charge in [0, 0.05) is 11.8 Å². The van der Waals surface area contributed by atoms with E-state index in [9.17, 15) is 9.59 Å². The zero-order valence-corrected chi connectivity index (χ0v) is 13.2. The third kappa shape index (κ3) is 5.45. The standard InChI is InChI=1S/C14H24N4O3/c1-8(2)6-11(15-14(20)21-5)13(19)16-12-7-10(9(3)4)17-18-12/h7-9,11H,6H2,1-5H3,(H,15,20)(H2,16,17,18,19). The number of anilines is 1. The van der Waals surface area contributed by atoms with Crippen LogP contribution in [0.2, 0.25) is 0 Å². The van der Waals surface area contributed by atoms with Crippen molar-refractivity contribution in [3.63, 3.8) is 0 Å². The van der Waals surface area contributed by atoms with E-state index in [-0.39, 0.29) is 11.8 Å². The molecule has 0 spiro atoms. The zero-order chi connectivity index (χ0) is 16.0. The molecule has 1 unspecified atom stereocenters. The van der Waals surface area contributed by atoms with Crippen LogP contribution in [0.4, 0.5) is 10.6 Å². The summed E-state index contributed by atoms with van der Waals surface area (Å²) >= 11 is 0. The number of aromatic nitrogens is 2. The summed E-state index contributed by atoms with van der Waals surface area (Å²) in [5.41, 5.74) is 0.937. The molecule has 0 aliphatic carbocycles. The van der Waals surface area contributed by atoms with E-state index in [1.807, 2.05) is 27.7 Å². The maximum Gasteiger partial charge on any atom is 0.407 e. The van der Waals surface area contributed by atoms with Gasteiger partial charge in [0.2, 0.25) is 5.91 Å². The SMILES string of the molecule is COC(=O)NC(CC(C)C)C(=O)Nc1cc(C(C)C)[nH]n1. The van der Waals surface area contributed by atoms with Crippen molar-refractivity contribution in [2.45, 2.75) is 46.1 Å². The monoisotopic (exact) mass is 296 g/mol. The van der Waals surface area contributed by atoms with Gasteiger partial charge in [0.15, 0.2) is 5.82 Å². The topological polar surface area (TPSA) is 96.1 Å². The van der Waals surface area contributed by atoms with Crippen LogP contribution in [0.3, 0.4) is 0 Å². The lowest BCUT2D eigenvalue weighted by molar-refractivity contribution is -0.118.